The van der Waals surface area contributed by atoms with Crippen molar-refractivity contribution in [2.24, 2.45) is 4.99 Å². The van der Waals surface area contributed by atoms with Crippen LogP contribution in [0.3, 0.4) is 0 Å². The smallest absolute Gasteiger partial charge is 0.264 e. The summed E-state index contributed by atoms with van der Waals surface area (Å²) >= 11 is 1.33. The molecule has 0 bridgehead atoms. The number of rotatable bonds is 5. The fraction of sp³-hybridized carbons (Fsp3) is 0.0435. The molecule has 1 saturated heterocycles. The summed E-state index contributed by atoms with van der Waals surface area (Å²) in [6.07, 6.45) is 1.84. The number of carbonyl (C=O) groups is 1. The molecule has 3 aromatic rings. The van der Waals surface area contributed by atoms with Gasteiger partial charge in [0.1, 0.15) is 12.4 Å². The molecule has 4 nitrogen and oxygen atoms in total. The van der Waals surface area contributed by atoms with Gasteiger partial charge in [-0.25, -0.2) is 4.99 Å². The molecule has 0 saturated carbocycles. The molecule has 3 aromatic carbocycles. The average Bonchev–Trinajstić information content (AvgIpc) is 3.07. The first-order chi connectivity index (χ1) is 13.8. The van der Waals surface area contributed by atoms with Gasteiger partial charge in [-0.2, -0.15) is 0 Å². The highest BCUT2D eigenvalue weighted by molar-refractivity contribution is 8.18. The van der Waals surface area contributed by atoms with Crippen LogP contribution in [0, 0.1) is 0 Å². The Morgan fingerprint density at radius 2 is 1.57 bits per heavy atom. The number of ether oxygens (including phenoxy) is 1. The monoisotopic (exact) mass is 386 g/mol. The third-order valence-corrected chi connectivity index (χ3v) is 4.99. The predicted octanol–water partition coefficient (Wildman–Crippen LogP) is 5.16. The number of amides is 1. The van der Waals surface area contributed by atoms with E-state index in [-0.39, 0.29) is 5.91 Å². The van der Waals surface area contributed by atoms with Crippen molar-refractivity contribution in [3.63, 3.8) is 0 Å². The first-order valence-corrected chi connectivity index (χ1v) is 9.70. The molecule has 1 aliphatic rings. The topological polar surface area (TPSA) is 50.7 Å². The fourth-order valence-corrected chi connectivity index (χ4v) is 3.54. The van der Waals surface area contributed by atoms with Crippen molar-refractivity contribution in [3.8, 4) is 5.75 Å². The van der Waals surface area contributed by atoms with Crippen molar-refractivity contribution in [2.45, 2.75) is 6.61 Å². The van der Waals surface area contributed by atoms with Crippen LogP contribution in [0.5, 0.6) is 5.75 Å². The average molecular weight is 386 g/mol. The van der Waals surface area contributed by atoms with Crippen molar-refractivity contribution in [1.29, 1.82) is 0 Å². The summed E-state index contributed by atoms with van der Waals surface area (Å²) in [4.78, 5) is 17.4. The lowest BCUT2D eigenvalue weighted by Crippen LogP contribution is -2.19. The summed E-state index contributed by atoms with van der Waals surface area (Å²) in [7, 11) is 0. The maximum Gasteiger partial charge on any atom is 0.264 e. The molecule has 0 aliphatic carbocycles. The summed E-state index contributed by atoms with van der Waals surface area (Å²) in [6.45, 7) is 0.473. The van der Waals surface area contributed by atoms with Crippen LogP contribution in [0.1, 0.15) is 11.1 Å². The van der Waals surface area contributed by atoms with E-state index in [1.807, 2.05) is 91.0 Å². The standard InChI is InChI=1S/C23H18N2O2S/c26-22-21(28-23(25-22)24-19-12-5-2-6-13-19)15-18-11-7-8-14-20(18)27-16-17-9-3-1-4-10-17/h1-15H,16H2,(H,24,25,26)/b21-15+. The summed E-state index contributed by atoms with van der Waals surface area (Å²) in [5.74, 6) is 0.582. The largest absolute Gasteiger partial charge is 0.488 e. The number of para-hydroxylation sites is 2. The molecule has 1 heterocycles. The predicted molar refractivity (Wildman–Crippen MR) is 114 cm³/mol. The van der Waals surface area contributed by atoms with E-state index in [9.17, 15) is 4.79 Å². The normalized spacial score (nSPS) is 16.4. The molecule has 0 spiro atoms. The van der Waals surface area contributed by atoms with Crippen molar-refractivity contribution in [2.75, 3.05) is 0 Å². The minimum atomic E-state index is -0.155. The molecule has 0 aromatic heterocycles. The van der Waals surface area contributed by atoms with Crippen molar-refractivity contribution < 1.29 is 9.53 Å². The van der Waals surface area contributed by atoms with E-state index in [1.54, 1.807) is 0 Å². The molecule has 0 atom stereocenters. The Labute approximate surface area is 168 Å². The molecule has 1 aliphatic heterocycles. The second-order valence-electron chi connectivity index (χ2n) is 6.13. The second-order valence-corrected chi connectivity index (χ2v) is 7.16. The summed E-state index contributed by atoms with van der Waals surface area (Å²) in [6, 6.07) is 27.2. The Morgan fingerprint density at radius 3 is 2.36 bits per heavy atom. The molecule has 1 fully saturated rings. The number of carbonyl (C=O) groups excluding carboxylic acids is 1. The second kappa shape index (κ2) is 8.59. The zero-order chi connectivity index (χ0) is 19.2. The number of nitrogens with one attached hydrogen (secondary N) is 1. The number of benzene rings is 3. The van der Waals surface area contributed by atoms with Crippen molar-refractivity contribution in [1.82, 2.24) is 5.32 Å². The molecular weight excluding hydrogens is 368 g/mol. The van der Waals surface area contributed by atoms with Gasteiger partial charge in [-0.3, -0.25) is 4.79 Å². The van der Waals surface area contributed by atoms with E-state index < -0.39 is 0 Å². The highest BCUT2D eigenvalue weighted by atomic mass is 32.2. The zero-order valence-electron chi connectivity index (χ0n) is 15.0. The Kier molecular flexibility index (Phi) is 5.54. The Morgan fingerprint density at radius 1 is 0.893 bits per heavy atom. The van der Waals surface area contributed by atoms with Gasteiger partial charge in [-0.05, 0) is 41.6 Å². The van der Waals surface area contributed by atoms with Crippen LogP contribution in [-0.2, 0) is 11.4 Å². The van der Waals surface area contributed by atoms with E-state index in [1.165, 1.54) is 11.8 Å². The first kappa shape index (κ1) is 18.1. The number of thioether (sulfide) groups is 1. The molecule has 0 unspecified atom stereocenters. The zero-order valence-corrected chi connectivity index (χ0v) is 15.9. The van der Waals surface area contributed by atoms with Gasteiger partial charge in [0.2, 0.25) is 0 Å². The number of aliphatic imine (C=N–C) groups is 1. The number of hydrogen-bond acceptors (Lipinski definition) is 4. The van der Waals surface area contributed by atoms with E-state index in [0.29, 0.717) is 16.7 Å². The molecule has 138 valence electrons. The van der Waals surface area contributed by atoms with Crippen LogP contribution in [-0.4, -0.2) is 11.1 Å². The quantitative estimate of drug-likeness (QED) is 0.617. The van der Waals surface area contributed by atoms with Gasteiger partial charge in [0.05, 0.1) is 10.6 Å². The highest BCUT2D eigenvalue weighted by Gasteiger charge is 2.24. The minimum absolute atomic E-state index is 0.155. The molecule has 28 heavy (non-hydrogen) atoms. The van der Waals surface area contributed by atoms with Crippen LogP contribution in [0.4, 0.5) is 5.69 Å². The van der Waals surface area contributed by atoms with Crippen LogP contribution >= 0.6 is 11.8 Å². The van der Waals surface area contributed by atoms with Crippen LogP contribution in [0.25, 0.3) is 6.08 Å². The Hall–Kier alpha value is -3.31. The third kappa shape index (κ3) is 4.50. The lowest BCUT2D eigenvalue weighted by atomic mass is 10.2. The van der Waals surface area contributed by atoms with E-state index >= 15 is 0 Å². The number of hydrogen-bond donors (Lipinski definition) is 1. The molecule has 1 N–H and O–H groups in total. The third-order valence-electron chi connectivity index (χ3n) is 4.08. The number of nitrogens with zero attached hydrogens (tertiary/aromatic N) is 1. The summed E-state index contributed by atoms with van der Waals surface area (Å²) in [5.41, 5.74) is 2.76. The first-order valence-electron chi connectivity index (χ1n) is 8.88. The molecule has 4 rings (SSSR count). The molecule has 5 heteroatoms. The van der Waals surface area contributed by atoms with Gasteiger partial charge in [0.25, 0.3) is 5.91 Å². The van der Waals surface area contributed by atoms with Crippen molar-refractivity contribution in [3.05, 3.63) is 101 Å². The van der Waals surface area contributed by atoms with Crippen LogP contribution < -0.4 is 10.1 Å². The maximum atomic E-state index is 12.3. The highest BCUT2D eigenvalue weighted by Crippen LogP contribution is 2.30. The van der Waals surface area contributed by atoms with E-state index in [2.05, 4.69) is 10.3 Å². The van der Waals surface area contributed by atoms with Crippen molar-refractivity contribution >= 4 is 34.6 Å². The lowest BCUT2D eigenvalue weighted by molar-refractivity contribution is -0.115. The van der Waals surface area contributed by atoms with E-state index in [4.69, 9.17) is 4.74 Å². The maximum absolute atomic E-state index is 12.3. The van der Waals surface area contributed by atoms with Gasteiger partial charge in [-0.15, -0.1) is 0 Å². The Balaban J connectivity index is 1.52. The molecule has 0 radical (unpaired) electrons. The van der Waals surface area contributed by atoms with E-state index in [0.717, 1.165) is 22.6 Å². The number of amidine groups is 1. The minimum Gasteiger partial charge on any atom is -0.488 e. The van der Waals surface area contributed by atoms with Crippen LogP contribution in [0.2, 0.25) is 0 Å². The van der Waals surface area contributed by atoms with Gasteiger partial charge in [-0.1, -0.05) is 66.7 Å². The van der Waals surface area contributed by atoms with Crippen LogP contribution in [0.15, 0.2) is 94.8 Å². The van der Waals surface area contributed by atoms with Gasteiger partial charge in [0, 0.05) is 5.56 Å². The molecular formula is C23H18N2O2S. The lowest BCUT2D eigenvalue weighted by Gasteiger charge is -2.09. The SMILES string of the molecule is O=C1NC(=Nc2ccccc2)S/C1=C/c1ccccc1OCc1ccccc1. The van der Waals surface area contributed by atoms with Gasteiger partial charge < -0.3 is 10.1 Å². The Bertz CT molecular complexity index is 1030. The summed E-state index contributed by atoms with van der Waals surface area (Å²) < 4.78 is 5.98. The molecule has 1 amide bonds. The van der Waals surface area contributed by atoms with Gasteiger partial charge in [0.15, 0.2) is 5.17 Å². The fourth-order valence-electron chi connectivity index (χ4n) is 2.71. The summed E-state index contributed by atoms with van der Waals surface area (Å²) in [5, 5.41) is 3.39. The van der Waals surface area contributed by atoms with Gasteiger partial charge >= 0.3 is 0 Å².